The Balaban J connectivity index is 1.90. The van der Waals surface area contributed by atoms with E-state index in [1.165, 1.54) is 24.8 Å². The zero-order chi connectivity index (χ0) is 9.97. The van der Waals surface area contributed by atoms with Gasteiger partial charge in [-0.3, -0.25) is 4.68 Å². The molecule has 1 aromatic heterocycles. The summed E-state index contributed by atoms with van der Waals surface area (Å²) in [7, 11) is 0. The quantitative estimate of drug-likeness (QED) is 0.792. The summed E-state index contributed by atoms with van der Waals surface area (Å²) in [5.41, 5.74) is 7.26. The first kappa shape index (κ1) is 9.71. The molecule has 2 N–H and O–H groups in total. The minimum absolute atomic E-state index is 0.446. The van der Waals surface area contributed by atoms with Crippen LogP contribution in [0.25, 0.3) is 0 Å². The lowest BCUT2D eigenvalue weighted by atomic mass is 10.0. The lowest BCUT2D eigenvalue weighted by Crippen LogP contribution is -2.15. The van der Waals surface area contributed by atoms with E-state index in [1.807, 2.05) is 10.9 Å². The molecule has 1 aromatic rings. The molecule has 0 saturated heterocycles. The highest BCUT2D eigenvalue weighted by Crippen LogP contribution is 2.27. The molecule has 0 amide bonds. The van der Waals surface area contributed by atoms with Crippen molar-refractivity contribution in [3.8, 4) is 0 Å². The summed E-state index contributed by atoms with van der Waals surface area (Å²) in [6, 6.07) is 0.446. The molecule has 0 aromatic carbocycles. The Morgan fingerprint density at radius 1 is 1.57 bits per heavy atom. The van der Waals surface area contributed by atoms with Gasteiger partial charge in [-0.2, -0.15) is 5.10 Å². The Morgan fingerprint density at radius 3 is 3.00 bits per heavy atom. The normalized spacial score (nSPS) is 27.0. The Bertz CT molecular complexity index is 292. The lowest BCUT2D eigenvalue weighted by Gasteiger charge is -2.06. The van der Waals surface area contributed by atoms with Crippen molar-refractivity contribution >= 4 is 0 Å². The van der Waals surface area contributed by atoms with Gasteiger partial charge in [0, 0.05) is 18.8 Å². The van der Waals surface area contributed by atoms with Crippen molar-refractivity contribution in [2.45, 2.75) is 45.2 Å². The molecule has 0 radical (unpaired) electrons. The first-order valence-electron chi connectivity index (χ1n) is 5.55. The zero-order valence-corrected chi connectivity index (χ0v) is 8.82. The van der Waals surface area contributed by atoms with Crippen LogP contribution in [0.1, 0.15) is 31.7 Å². The molecule has 78 valence electrons. The molecule has 1 fully saturated rings. The van der Waals surface area contributed by atoms with Crippen LogP contribution < -0.4 is 5.73 Å². The van der Waals surface area contributed by atoms with Crippen LogP contribution in [0.15, 0.2) is 12.4 Å². The van der Waals surface area contributed by atoms with Crippen molar-refractivity contribution in [1.82, 2.24) is 9.78 Å². The van der Waals surface area contributed by atoms with Crippen LogP contribution in [0, 0.1) is 5.92 Å². The van der Waals surface area contributed by atoms with Gasteiger partial charge in [0.05, 0.1) is 6.20 Å². The van der Waals surface area contributed by atoms with Gasteiger partial charge in [-0.1, -0.05) is 0 Å². The van der Waals surface area contributed by atoms with Gasteiger partial charge in [0.15, 0.2) is 0 Å². The van der Waals surface area contributed by atoms with Gasteiger partial charge in [-0.05, 0) is 44.1 Å². The third kappa shape index (κ3) is 2.15. The van der Waals surface area contributed by atoms with E-state index >= 15 is 0 Å². The van der Waals surface area contributed by atoms with Gasteiger partial charge in [0.25, 0.3) is 0 Å². The Hall–Kier alpha value is -0.830. The highest BCUT2D eigenvalue weighted by Gasteiger charge is 2.21. The Kier molecular flexibility index (Phi) is 2.87. The van der Waals surface area contributed by atoms with E-state index in [4.69, 9.17) is 5.73 Å². The molecular weight excluding hydrogens is 174 g/mol. The molecule has 1 aliphatic carbocycles. The van der Waals surface area contributed by atoms with Gasteiger partial charge < -0.3 is 5.73 Å². The molecule has 1 saturated carbocycles. The monoisotopic (exact) mass is 193 g/mol. The third-order valence-corrected chi connectivity index (χ3v) is 3.12. The summed E-state index contributed by atoms with van der Waals surface area (Å²) in [5, 5.41) is 4.28. The van der Waals surface area contributed by atoms with Crippen molar-refractivity contribution in [3.05, 3.63) is 18.0 Å². The first-order valence-corrected chi connectivity index (χ1v) is 5.55. The maximum atomic E-state index is 5.89. The minimum Gasteiger partial charge on any atom is -0.328 e. The minimum atomic E-state index is 0.446. The van der Waals surface area contributed by atoms with Crippen molar-refractivity contribution in [1.29, 1.82) is 0 Å². The summed E-state index contributed by atoms with van der Waals surface area (Å²) < 4.78 is 1.99. The molecule has 2 unspecified atom stereocenters. The van der Waals surface area contributed by atoms with Gasteiger partial charge in [0.1, 0.15) is 0 Å². The Labute approximate surface area is 85.3 Å². The van der Waals surface area contributed by atoms with Gasteiger partial charge in [0.2, 0.25) is 0 Å². The van der Waals surface area contributed by atoms with E-state index in [0.717, 1.165) is 18.9 Å². The van der Waals surface area contributed by atoms with E-state index in [2.05, 4.69) is 18.2 Å². The van der Waals surface area contributed by atoms with Crippen LogP contribution in [0.4, 0.5) is 0 Å². The number of aromatic nitrogens is 2. The Morgan fingerprint density at radius 2 is 2.43 bits per heavy atom. The van der Waals surface area contributed by atoms with Gasteiger partial charge in [-0.25, -0.2) is 0 Å². The third-order valence-electron chi connectivity index (χ3n) is 3.12. The van der Waals surface area contributed by atoms with E-state index < -0.39 is 0 Å². The number of hydrogen-bond donors (Lipinski definition) is 1. The molecule has 2 atom stereocenters. The van der Waals surface area contributed by atoms with Gasteiger partial charge in [-0.15, -0.1) is 0 Å². The number of hydrogen-bond acceptors (Lipinski definition) is 2. The van der Waals surface area contributed by atoms with Crippen LogP contribution >= 0.6 is 0 Å². The van der Waals surface area contributed by atoms with E-state index in [9.17, 15) is 0 Å². The molecule has 1 heterocycles. The van der Waals surface area contributed by atoms with Crippen molar-refractivity contribution in [2.24, 2.45) is 11.7 Å². The molecular formula is C11H19N3. The fourth-order valence-corrected chi connectivity index (χ4v) is 2.32. The fourth-order valence-electron chi connectivity index (χ4n) is 2.32. The summed E-state index contributed by atoms with van der Waals surface area (Å²) in [4.78, 5) is 0. The maximum Gasteiger partial charge on any atom is 0.0521 e. The topological polar surface area (TPSA) is 43.8 Å². The predicted octanol–water partition coefficient (Wildman–Crippen LogP) is 1.57. The van der Waals surface area contributed by atoms with Gasteiger partial charge >= 0.3 is 0 Å². The second-order valence-electron chi connectivity index (χ2n) is 4.35. The largest absolute Gasteiger partial charge is 0.328 e. The predicted molar refractivity (Wildman–Crippen MR) is 56.9 cm³/mol. The fraction of sp³-hybridized carbons (Fsp3) is 0.727. The van der Waals surface area contributed by atoms with Crippen molar-refractivity contribution in [3.63, 3.8) is 0 Å². The number of aryl methyl sites for hydroxylation is 1. The average molecular weight is 193 g/mol. The van der Waals surface area contributed by atoms with Crippen molar-refractivity contribution in [2.75, 3.05) is 0 Å². The number of rotatable bonds is 3. The highest BCUT2D eigenvalue weighted by atomic mass is 15.3. The standard InChI is InChI=1S/C11H19N3/c1-2-14-8-10(7-13-14)5-9-3-4-11(12)6-9/h7-9,11H,2-6,12H2,1H3. The lowest BCUT2D eigenvalue weighted by molar-refractivity contribution is 0.534. The molecule has 1 aliphatic rings. The molecule has 0 bridgehead atoms. The molecule has 3 nitrogen and oxygen atoms in total. The van der Waals surface area contributed by atoms with Crippen LogP contribution in [0.3, 0.4) is 0 Å². The second-order valence-corrected chi connectivity index (χ2v) is 4.35. The van der Waals surface area contributed by atoms with E-state index in [1.54, 1.807) is 0 Å². The average Bonchev–Trinajstić information content (AvgIpc) is 2.76. The molecule has 3 heteroatoms. The highest BCUT2D eigenvalue weighted by molar-refractivity contribution is 5.05. The summed E-state index contributed by atoms with van der Waals surface area (Å²) in [5.74, 6) is 0.791. The summed E-state index contributed by atoms with van der Waals surface area (Å²) in [6.07, 6.45) is 8.99. The van der Waals surface area contributed by atoms with Crippen LogP contribution in [0.5, 0.6) is 0 Å². The van der Waals surface area contributed by atoms with Crippen LogP contribution in [-0.2, 0) is 13.0 Å². The van der Waals surface area contributed by atoms with E-state index in [-0.39, 0.29) is 0 Å². The molecule has 0 spiro atoms. The SMILES string of the molecule is CCn1cc(CC2CCC(N)C2)cn1. The zero-order valence-electron chi connectivity index (χ0n) is 8.82. The van der Waals surface area contributed by atoms with Crippen LogP contribution in [-0.4, -0.2) is 15.8 Å². The molecule has 2 rings (SSSR count). The first-order chi connectivity index (χ1) is 6.78. The van der Waals surface area contributed by atoms with Crippen LogP contribution in [0.2, 0.25) is 0 Å². The van der Waals surface area contributed by atoms with Crippen molar-refractivity contribution < 1.29 is 0 Å². The smallest absolute Gasteiger partial charge is 0.0521 e. The molecule has 0 aliphatic heterocycles. The number of nitrogens with two attached hydrogens (primary N) is 1. The summed E-state index contributed by atoms with van der Waals surface area (Å²) >= 11 is 0. The summed E-state index contributed by atoms with van der Waals surface area (Å²) in [6.45, 7) is 3.08. The van der Waals surface area contributed by atoms with E-state index in [0.29, 0.717) is 6.04 Å². The second kappa shape index (κ2) is 4.13. The molecule has 14 heavy (non-hydrogen) atoms. The maximum absolute atomic E-state index is 5.89. The number of nitrogens with zero attached hydrogens (tertiary/aromatic N) is 2.